The molecule has 0 aliphatic rings. The lowest BCUT2D eigenvalue weighted by molar-refractivity contribution is 0.187. The third kappa shape index (κ3) is 3.42. The summed E-state index contributed by atoms with van der Waals surface area (Å²) in [5.41, 5.74) is 2.72. The molecule has 1 aromatic rings. The standard InChI is InChI=1S/C9H15BrN2O2/c1-13-6-2-3-7(12-11)8-4-5-9(10)14-8/h4-5,7,12H,2-3,6,11H2,1H3. The highest BCUT2D eigenvalue weighted by Crippen LogP contribution is 2.22. The van der Waals surface area contributed by atoms with Gasteiger partial charge in [-0.05, 0) is 40.9 Å². The van der Waals surface area contributed by atoms with Crippen molar-refractivity contribution in [1.82, 2.24) is 5.43 Å². The van der Waals surface area contributed by atoms with E-state index in [-0.39, 0.29) is 6.04 Å². The van der Waals surface area contributed by atoms with Crippen molar-refractivity contribution < 1.29 is 9.15 Å². The van der Waals surface area contributed by atoms with Crippen LogP contribution in [-0.4, -0.2) is 13.7 Å². The highest BCUT2D eigenvalue weighted by atomic mass is 79.9. The first kappa shape index (κ1) is 11.7. The van der Waals surface area contributed by atoms with Gasteiger partial charge in [0.05, 0.1) is 6.04 Å². The summed E-state index contributed by atoms with van der Waals surface area (Å²) in [6, 6.07) is 3.81. The fourth-order valence-electron chi connectivity index (χ4n) is 1.26. The quantitative estimate of drug-likeness (QED) is 0.468. The van der Waals surface area contributed by atoms with E-state index in [4.69, 9.17) is 15.0 Å². The molecule has 0 amide bonds. The summed E-state index contributed by atoms with van der Waals surface area (Å²) in [6.45, 7) is 0.736. The summed E-state index contributed by atoms with van der Waals surface area (Å²) in [5.74, 6) is 6.27. The van der Waals surface area contributed by atoms with Crippen LogP contribution in [0.5, 0.6) is 0 Å². The fourth-order valence-corrected chi connectivity index (χ4v) is 1.57. The van der Waals surface area contributed by atoms with Gasteiger partial charge in [0, 0.05) is 13.7 Å². The number of furan rings is 1. The van der Waals surface area contributed by atoms with Gasteiger partial charge in [-0.1, -0.05) is 0 Å². The molecule has 0 spiro atoms. The number of nitrogens with two attached hydrogens (primary N) is 1. The Bertz CT molecular complexity index is 265. The Balaban J connectivity index is 2.45. The van der Waals surface area contributed by atoms with Crippen molar-refractivity contribution in [2.24, 2.45) is 5.84 Å². The summed E-state index contributed by atoms with van der Waals surface area (Å²) in [5, 5.41) is 0. The number of rotatable bonds is 6. The molecule has 1 atom stereocenters. The van der Waals surface area contributed by atoms with Crippen LogP contribution in [0.2, 0.25) is 0 Å². The molecule has 0 aliphatic heterocycles. The summed E-state index contributed by atoms with van der Waals surface area (Å²) in [6.07, 6.45) is 1.84. The zero-order chi connectivity index (χ0) is 10.4. The Morgan fingerprint density at radius 3 is 2.93 bits per heavy atom. The van der Waals surface area contributed by atoms with Crippen molar-refractivity contribution in [3.63, 3.8) is 0 Å². The maximum Gasteiger partial charge on any atom is 0.169 e. The molecule has 0 saturated carbocycles. The van der Waals surface area contributed by atoms with Crippen LogP contribution in [-0.2, 0) is 4.74 Å². The predicted molar refractivity (Wildman–Crippen MR) is 57.6 cm³/mol. The molecule has 0 fully saturated rings. The smallest absolute Gasteiger partial charge is 0.169 e. The number of nitrogens with one attached hydrogen (secondary N) is 1. The Kier molecular flexibility index (Phi) is 5.17. The number of halogens is 1. The molecule has 1 unspecified atom stereocenters. The summed E-state index contributed by atoms with van der Waals surface area (Å²) in [7, 11) is 1.69. The largest absolute Gasteiger partial charge is 0.453 e. The van der Waals surface area contributed by atoms with E-state index in [1.807, 2.05) is 12.1 Å². The van der Waals surface area contributed by atoms with E-state index in [0.717, 1.165) is 29.9 Å². The second-order valence-electron chi connectivity index (χ2n) is 3.00. The molecule has 0 aromatic carbocycles. The molecule has 1 rings (SSSR count). The molecule has 3 N–H and O–H groups in total. The van der Waals surface area contributed by atoms with Crippen LogP contribution in [0.15, 0.2) is 21.2 Å². The first-order chi connectivity index (χ1) is 6.77. The van der Waals surface area contributed by atoms with E-state index in [1.54, 1.807) is 7.11 Å². The monoisotopic (exact) mass is 262 g/mol. The molecule has 0 radical (unpaired) electrons. The third-order valence-corrected chi connectivity index (χ3v) is 2.41. The number of hydrogen-bond acceptors (Lipinski definition) is 4. The van der Waals surface area contributed by atoms with Gasteiger partial charge in [-0.3, -0.25) is 5.84 Å². The minimum Gasteiger partial charge on any atom is -0.453 e. The molecule has 80 valence electrons. The summed E-state index contributed by atoms with van der Waals surface area (Å²) < 4.78 is 11.1. The second-order valence-corrected chi connectivity index (χ2v) is 3.78. The van der Waals surface area contributed by atoms with Gasteiger partial charge in [-0.15, -0.1) is 0 Å². The minimum atomic E-state index is 0.0523. The lowest BCUT2D eigenvalue weighted by Crippen LogP contribution is -2.27. The molecule has 0 bridgehead atoms. The molecule has 1 heterocycles. The van der Waals surface area contributed by atoms with Crippen LogP contribution >= 0.6 is 15.9 Å². The van der Waals surface area contributed by atoms with Crippen LogP contribution in [0, 0.1) is 0 Å². The van der Waals surface area contributed by atoms with Crippen LogP contribution in [0.25, 0.3) is 0 Å². The van der Waals surface area contributed by atoms with Gasteiger partial charge in [0.15, 0.2) is 4.67 Å². The molecular formula is C9H15BrN2O2. The van der Waals surface area contributed by atoms with Gasteiger partial charge < -0.3 is 9.15 Å². The second kappa shape index (κ2) is 6.19. The van der Waals surface area contributed by atoms with E-state index < -0.39 is 0 Å². The van der Waals surface area contributed by atoms with Gasteiger partial charge in [0.25, 0.3) is 0 Å². The Morgan fingerprint density at radius 2 is 2.43 bits per heavy atom. The Hall–Kier alpha value is -0.360. The molecule has 1 aromatic heterocycles. The minimum absolute atomic E-state index is 0.0523. The number of ether oxygens (including phenoxy) is 1. The molecule has 14 heavy (non-hydrogen) atoms. The topological polar surface area (TPSA) is 60.4 Å². The molecule has 0 saturated heterocycles. The van der Waals surface area contributed by atoms with Crippen molar-refractivity contribution in [2.75, 3.05) is 13.7 Å². The van der Waals surface area contributed by atoms with Crippen LogP contribution in [0.1, 0.15) is 24.6 Å². The zero-order valence-corrected chi connectivity index (χ0v) is 9.71. The predicted octanol–water partition coefficient (Wildman–Crippen LogP) is 1.97. The number of methoxy groups -OCH3 is 1. The highest BCUT2D eigenvalue weighted by Gasteiger charge is 2.12. The number of hydrazine groups is 1. The summed E-state index contributed by atoms with van der Waals surface area (Å²) >= 11 is 3.25. The van der Waals surface area contributed by atoms with E-state index in [9.17, 15) is 0 Å². The molecule has 0 aliphatic carbocycles. The van der Waals surface area contributed by atoms with Gasteiger partial charge >= 0.3 is 0 Å². The average molecular weight is 263 g/mol. The van der Waals surface area contributed by atoms with Gasteiger partial charge in [0.2, 0.25) is 0 Å². The lowest BCUT2D eigenvalue weighted by atomic mass is 10.1. The Morgan fingerprint density at radius 1 is 1.64 bits per heavy atom. The van der Waals surface area contributed by atoms with Crippen molar-refractivity contribution >= 4 is 15.9 Å². The van der Waals surface area contributed by atoms with Crippen LogP contribution in [0.4, 0.5) is 0 Å². The Labute approximate surface area is 91.9 Å². The summed E-state index contributed by atoms with van der Waals surface area (Å²) in [4.78, 5) is 0. The van der Waals surface area contributed by atoms with Crippen molar-refractivity contribution in [1.29, 1.82) is 0 Å². The van der Waals surface area contributed by atoms with Crippen molar-refractivity contribution in [3.05, 3.63) is 22.6 Å². The highest BCUT2D eigenvalue weighted by molar-refractivity contribution is 9.10. The maximum atomic E-state index is 5.43. The average Bonchev–Trinajstić information content (AvgIpc) is 2.60. The van der Waals surface area contributed by atoms with Crippen LogP contribution < -0.4 is 11.3 Å². The van der Waals surface area contributed by atoms with Crippen LogP contribution in [0.3, 0.4) is 0 Å². The van der Waals surface area contributed by atoms with Crippen molar-refractivity contribution in [3.8, 4) is 0 Å². The normalized spacial score (nSPS) is 13.1. The van der Waals surface area contributed by atoms with E-state index in [0.29, 0.717) is 0 Å². The first-order valence-electron chi connectivity index (χ1n) is 4.48. The SMILES string of the molecule is COCCCC(NN)c1ccc(Br)o1. The molecular weight excluding hydrogens is 248 g/mol. The molecule has 5 heteroatoms. The fraction of sp³-hybridized carbons (Fsp3) is 0.556. The zero-order valence-electron chi connectivity index (χ0n) is 8.13. The third-order valence-electron chi connectivity index (χ3n) is 1.98. The van der Waals surface area contributed by atoms with Gasteiger partial charge in [-0.25, -0.2) is 5.43 Å². The van der Waals surface area contributed by atoms with Crippen molar-refractivity contribution in [2.45, 2.75) is 18.9 Å². The number of hydrogen-bond donors (Lipinski definition) is 2. The first-order valence-corrected chi connectivity index (χ1v) is 5.27. The van der Waals surface area contributed by atoms with Gasteiger partial charge in [-0.2, -0.15) is 0 Å². The van der Waals surface area contributed by atoms with E-state index in [1.165, 1.54) is 0 Å². The van der Waals surface area contributed by atoms with Gasteiger partial charge in [0.1, 0.15) is 5.76 Å². The lowest BCUT2D eigenvalue weighted by Gasteiger charge is -2.12. The molecule has 4 nitrogen and oxygen atoms in total. The maximum absolute atomic E-state index is 5.43. The van der Waals surface area contributed by atoms with E-state index in [2.05, 4.69) is 21.4 Å². The van der Waals surface area contributed by atoms with E-state index >= 15 is 0 Å².